The van der Waals surface area contributed by atoms with E-state index < -0.39 is 0 Å². The second-order valence-electron chi connectivity index (χ2n) is 27.3. The number of hydrogen-bond acceptors (Lipinski definition) is 3. The van der Waals surface area contributed by atoms with Gasteiger partial charge in [0.15, 0.2) is 0 Å². The maximum Gasteiger partial charge on any atom is 0.252 e. The molecule has 0 fully saturated rings. The van der Waals surface area contributed by atoms with Gasteiger partial charge in [-0.15, -0.1) is 0 Å². The van der Waals surface area contributed by atoms with E-state index in [0.29, 0.717) is 0 Å². The smallest absolute Gasteiger partial charge is 0.252 e. The van der Waals surface area contributed by atoms with Gasteiger partial charge < -0.3 is 14.7 Å². The van der Waals surface area contributed by atoms with Gasteiger partial charge in [-0.2, -0.15) is 0 Å². The van der Waals surface area contributed by atoms with Crippen LogP contribution >= 0.6 is 0 Å². The monoisotopic (exact) mass is 982 g/mol. The first-order chi connectivity index (χ1) is 35.4. The first-order valence-corrected chi connectivity index (χ1v) is 27.8. The number of benzene rings is 8. The summed E-state index contributed by atoms with van der Waals surface area (Å²) in [7, 11) is 0. The van der Waals surface area contributed by atoms with Crippen LogP contribution in [-0.2, 0) is 32.5 Å². The molecule has 2 aliphatic carbocycles. The van der Waals surface area contributed by atoms with Crippen molar-refractivity contribution in [2.45, 2.75) is 149 Å². The Morgan fingerprint density at radius 1 is 0.400 bits per heavy atom. The number of rotatable bonds is 6. The fourth-order valence-corrected chi connectivity index (χ4v) is 13.9. The van der Waals surface area contributed by atoms with Crippen LogP contribution in [0.25, 0.3) is 11.1 Å². The Morgan fingerprint density at radius 3 is 1.51 bits per heavy atom. The number of fused-ring (bicyclic) bond motifs is 6. The lowest BCUT2D eigenvalue weighted by atomic mass is 9.33. The normalized spacial score (nSPS) is 17.4. The summed E-state index contributed by atoms with van der Waals surface area (Å²) in [5, 5.41) is 0. The highest BCUT2D eigenvalue weighted by Gasteiger charge is 2.48. The van der Waals surface area contributed by atoms with Crippen molar-refractivity contribution >= 4 is 74.3 Å². The zero-order valence-corrected chi connectivity index (χ0v) is 47.2. The van der Waals surface area contributed by atoms with Crippen LogP contribution in [0, 0.1) is 0 Å². The molecule has 0 atom stereocenters. The predicted octanol–water partition coefficient (Wildman–Crippen LogP) is 17.8. The third kappa shape index (κ3) is 7.99. The summed E-state index contributed by atoms with van der Waals surface area (Å²) in [5.74, 6) is 0. The van der Waals surface area contributed by atoms with E-state index in [0.717, 1.165) is 36.3 Å². The average molecular weight is 982 g/mol. The Kier molecular flexibility index (Phi) is 11.0. The zero-order chi connectivity index (χ0) is 52.8. The highest BCUT2D eigenvalue weighted by molar-refractivity contribution is 7.00. The molecule has 8 aromatic rings. The van der Waals surface area contributed by atoms with Crippen molar-refractivity contribution in [3.63, 3.8) is 0 Å². The fraction of sp³-hybridized carbons (Fsp3) is 0.324. The van der Waals surface area contributed by atoms with E-state index in [1.165, 1.54) is 95.0 Å². The van der Waals surface area contributed by atoms with Gasteiger partial charge in [0.25, 0.3) is 6.71 Å². The fourth-order valence-electron chi connectivity index (χ4n) is 13.9. The Hall–Kier alpha value is -6.78. The number of hydrogen-bond donors (Lipinski definition) is 0. The van der Waals surface area contributed by atoms with E-state index in [-0.39, 0.29) is 39.2 Å². The summed E-state index contributed by atoms with van der Waals surface area (Å²) in [6, 6.07) is 65.8. The Labute approximate surface area is 449 Å². The number of nitrogens with zero attached hydrogens (tertiary/aromatic N) is 3. The molecule has 0 aromatic heterocycles. The van der Waals surface area contributed by atoms with Crippen molar-refractivity contribution in [2.75, 3.05) is 14.7 Å². The number of para-hydroxylation sites is 2. The van der Waals surface area contributed by atoms with E-state index in [1.54, 1.807) is 0 Å². The molecule has 0 saturated carbocycles. The molecule has 0 amide bonds. The maximum absolute atomic E-state index is 2.70. The van der Waals surface area contributed by atoms with E-state index in [4.69, 9.17) is 0 Å². The molecule has 0 N–H and O–H groups in total. The van der Waals surface area contributed by atoms with Gasteiger partial charge in [-0.25, -0.2) is 0 Å². The van der Waals surface area contributed by atoms with Crippen LogP contribution in [0.2, 0.25) is 0 Å². The molecule has 0 radical (unpaired) electrons. The van der Waals surface area contributed by atoms with Crippen molar-refractivity contribution in [1.82, 2.24) is 0 Å². The molecule has 2 aliphatic heterocycles. The molecule has 0 unspecified atom stereocenters. The summed E-state index contributed by atoms with van der Waals surface area (Å²) in [6.45, 7) is 33.8. The molecule has 2 heterocycles. The summed E-state index contributed by atoms with van der Waals surface area (Å²) in [6.07, 6.45) is 3.42. The van der Waals surface area contributed by atoms with Crippen LogP contribution in [-0.4, -0.2) is 6.71 Å². The topological polar surface area (TPSA) is 9.72 Å². The summed E-state index contributed by atoms with van der Waals surface area (Å²) < 4.78 is 0. The average Bonchev–Trinajstić information content (AvgIpc) is 3.60. The molecule has 75 heavy (non-hydrogen) atoms. The molecule has 378 valence electrons. The number of anilines is 9. The van der Waals surface area contributed by atoms with Gasteiger partial charge in [-0.3, -0.25) is 0 Å². The van der Waals surface area contributed by atoms with E-state index in [9.17, 15) is 0 Å². The molecule has 0 spiro atoms. The largest absolute Gasteiger partial charge is 0.311 e. The predicted molar refractivity (Wildman–Crippen MR) is 324 cm³/mol. The molecule has 4 heteroatoms. The van der Waals surface area contributed by atoms with Crippen LogP contribution in [0.3, 0.4) is 0 Å². The Balaban J connectivity index is 1.27. The summed E-state index contributed by atoms with van der Waals surface area (Å²) >= 11 is 0. The molecule has 8 aromatic carbocycles. The SMILES string of the molecule is CC(C)(C)c1ccc(N2c3cc(C(C)(C)C)ccc3B3c4cc5c(cc4N(c4ccc6c(c4)C(C)(C)CC6(C)C)c4cc(N(c6ccccc6)c6ccccc6)cc2c43)C(C)(C)CCC5(C)C)c(-c2ccccc2)c1. The summed E-state index contributed by atoms with van der Waals surface area (Å²) in [4.78, 5) is 7.86. The van der Waals surface area contributed by atoms with E-state index in [2.05, 4.69) is 281 Å². The quantitative estimate of drug-likeness (QED) is 0.154. The second kappa shape index (κ2) is 16.9. The highest BCUT2D eigenvalue weighted by Crippen LogP contribution is 2.55. The van der Waals surface area contributed by atoms with Gasteiger partial charge in [0.05, 0.1) is 11.4 Å². The lowest BCUT2D eigenvalue weighted by molar-refractivity contribution is 0.332. The highest BCUT2D eigenvalue weighted by atomic mass is 15.2. The van der Waals surface area contributed by atoms with Crippen molar-refractivity contribution < 1.29 is 0 Å². The van der Waals surface area contributed by atoms with Gasteiger partial charge in [-0.1, -0.05) is 194 Å². The molecule has 3 nitrogen and oxygen atoms in total. The minimum absolute atomic E-state index is 0.0101. The summed E-state index contributed by atoms with van der Waals surface area (Å²) in [5.41, 5.74) is 25.8. The second-order valence-corrected chi connectivity index (χ2v) is 27.3. The van der Waals surface area contributed by atoms with E-state index in [1.807, 2.05) is 0 Å². The van der Waals surface area contributed by atoms with Crippen LogP contribution in [0.4, 0.5) is 51.2 Å². The Bertz CT molecular complexity index is 3510. The first-order valence-electron chi connectivity index (χ1n) is 27.8. The minimum atomic E-state index is -0.0877. The molecule has 12 rings (SSSR count). The zero-order valence-electron chi connectivity index (χ0n) is 47.2. The van der Waals surface area contributed by atoms with Crippen LogP contribution in [0.15, 0.2) is 170 Å². The molecule has 4 aliphatic rings. The van der Waals surface area contributed by atoms with Gasteiger partial charge in [0, 0.05) is 45.4 Å². The lowest BCUT2D eigenvalue weighted by Gasteiger charge is -2.48. The van der Waals surface area contributed by atoms with Crippen molar-refractivity contribution in [3.8, 4) is 11.1 Å². The van der Waals surface area contributed by atoms with Crippen molar-refractivity contribution in [1.29, 1.82) is 0 Å². The van der Waals surface area contributed by atoms with Gasteiger partial charge >= 0.3 is 0 Å². The molecule has 0 bridgehead atoms. The van der Waals surface area contributed by atoms with E-state index >= 15 is 0 Å². The van der Waals surface area contributed by atoms with Crippen LogP contribution < -0.4 is 31.1 Å². The van der Waals surface area contributed by atoms with Crippen molar-refractivity contribution in [3.05, 3.63) is 203 Å². The van der Waals surface area contributed by atoms with Gasteiger partial charge in [-0.05, 0) is 180 Å². The van der Waals surface area contributed by atoms with Crippen LogP contribution in [0.1, 0.15) is 150 Å². The van der Waals surface area contributed by atoms with Gasteiger partial charge in [0.2, 0.25) is 0 Å². The minimum Gasteiger partial charge on any atom is -0.311 e. The lowest BCUT2D eigenvalue weighted by Crippen LogP contribution is -2.62. The molecular formula is C71H76BN3. The molecule has 0 saturated heterocycles. The first kappa shape index (κ1) is 49.1. The van der Waals surface area contributed by atoms with Crippen LogP contribution in [0.5, 0.6) is 0 Å². The standard InChI is InChI=1S/C71H76BN3/c1-66(2,3)47-31-35-60(53(38-47)46-24-18-15-19-25-46)75-61-39-48(67(4,5)6)30-34-58(61)72-59-43-56-57(69(9,10)37-36-68(56,7)8)44-62(59)74(51-32-33-54-55(40-51)71(13,14)45-70(54,11)12)63-41-52(42-64(75)65(63)72)73(49-26-20-16-21-27-49)50-28-22-17-23-29-50/h15-35,38-44H,36-37,45H2,1-14H3. The van der Waals surface area contributed by atoms with Crippen molar-refractivity contribution in [2.24, 2.45) is 0 Å². The third-order valence-corrected chi connectivity index (χ3v) is 18.0. The molecular weight excluding hydrogens is 906 g/mol. The van der Waals surface area contributed by atoms with Gasteiger partial charge in [0.1, 0.15) is 0 Å². The Morgan fingerprint density at radius 2 is 0.907 bits per heavy atom. The third-order valence-electron chi connectivity index (χ3n) is 18.0. The maximum atomic E-state index is 2.70.